The number of nitro groups is 1. The van der Waals surface area contributed by atoms with Gasteiger partial charge in [0.25, 0.3) is 11.6 Å². The monoisotopic (exact) mass is 347 g/mol. The summed E-state index contributed by atoms with van der Waals surface area (Å²) in [5, 5.41) is 11.3. The number of ether oxygens (including phenoxy) is 1. The maximum absolute atomic E-state index is 11.7. The molecule has 24 heavy (non-hydrogen) atoms. The van der Waals surface area contributed by atoms with Gasteiger partial charge in [0.2, 0.25) is 0 Å². The summed E-state index contributed by atoms with van der Waals surface area (Å²) < 4.78 is 5.28. The Morgan fingerprint density at radius 2 is 1.92 bits per heavy atom. The van der Waals surface area contributed by atoms with Crippen LogP contribution < -0.4 is 15.6 Å². The summed E-state index contributed by atoms with van der Waals surface area (Å²) in [4.78, 5) is 22.0. The van der Waals surface area contributed by atoms with E-state index in [0.29, 0.717) is 22.0 Å². The number of halogens is 1. The number of benzene rings is 2. The number of hydrogen-bond donors (Lipinski definition) is 2. The van der Waals surface area contributed by atoms with Gasteiger partial charge in [-0.3, -0.25) is 25.8 Å². The van der Waals surface area contributed by atoms with E-state index in [1.54, 1.807) is 30.3 Å². The minimum absolute atomic E-state index is 0.0622. The normalized spacial score (nSPS) is 9.88. The van der Waals surface area contributed by atoms with Gasteiger partial charge in [0.05, 0.1) is 10.6 Å². The Balaban J connectivity index is 1.82. The highest BCUT2D eigenvalue weighted by Crippen LogP contribution is 2.17. The van der Waals surface area contributed by atoms with Gasteiger partial charge >= 0.3 is 0 Å². The number of rotatable bonds is 7. The van der Waals surface area contributed by atoms with Crippen molar-refractivity contribution < 1.29 is 14.5 Å². The molecule has 0 saturated carbocycles. The van der Waals surface area contributed by atoms with Crippen molar-refractivity contribution >= 4 is 28.9 Å². The first-order valence-electron chi connectivity index (χ1n) is 6.82. The predicted molar refractivity (Wildman–Crippen MR) is 90.4 cm³/mol. The Hall–Kier alpha value is -3.06. The highest BCUT2D eigenvalue weighted by Gasteiger charge is 2.08. The molecule has 0 spiro atoms. The highest BCUT2D eigenvalue weighted by atomic mass is 35.5. The van der Waals surface area contributed by atoms with Crippen LogP contribution in [0.4, 0.5) is 5.69 Å². The Kier molecular flexibility index (Phi) is 5.75. The molecular formula is C16H14ClN3O4. The fourth-order valence-electron chi connectivity index (χ4n) is 1.74. The van der Waals surface area contributed by atoms with E-state index in [0.717, 1.165) is 0 Å². The van der Waals surface area contributed by atoms with E-state index >= 15 is 0 Å². The zero-order valence-corrected chi connectivity index (χ0v) is 13.2. The average Bonchev–Trinajstić information content (AvgIpc) is 2.59. The van der Waals surface area contributed by atoms with Gasteiger partial charge in [-0.2, -0.15) is 0 Å². The lowest BCUT2D eigenvalue weighted by Crippen LogP contribution is -2.38. The largest absolute Gasteiger partial charge is 0.484 e. The molecule has 124 valence electrons. The molecule has 0 fully saturated rings. The standard InChI is InChI=1S/C16H14ClN3O4/c1-11(12-3-2-4-14(9-12)20(22)23)18-19-16(21)10-24-15-7-5-13(17)6-8-15/h2-9,18H,1,10H2,(H,19,21). The van der Waals surface area contributed by atoms with Gasteiger partial charge in [-0.05, 0) is 24.3 Å². The van der Waals surface area contributed by atoms with E-state index in [-0.39, 0.29) is 12.3 Å². The lowest BCUT2D eigenvalue weighted by Gasteiger charge is -2.12. The number of hydrazine groups is 1. The second kappa shape index (κ2) is 7.98. The third-order valence-electron chi connectivity index (χ3n) is 2.94. The third-order valence-corrected chi connectivity index (χ3v) is 3.19. The first-order chi connectivity index (χ1) is 11.5. The van der Waals surface area contributed by atoms with Crippen molar-refractivity contribution in [3.05, 3.63) is 75.8 Å². The Labute approximate surface area is 143 Å². The molecule has 0 heterocycles. The summed E-state index contributed by atoms with van der Waals surface area (Å²) in [7, 11) is 0. The van der Waals surface area contributed by atoms with E-state index in [9.17, 15) is 14.9 Å². The van der Waals surface area contributed by atoms with Crippen LogP contribution in [-0.2, 0) is 4.79 Å². The first-order valence-corrected chi connectivity index (χ1v) is 7.20. The third kappa shape index (κ3) is 4.99. The fourth-order valence-corrected chi connectivity index (χ4v) is 1.87. The molecule has 1 amide bonds. The Morgan fingerprint density at radius 3 is 2.58 bits per heavy atom. The number of carbonyl (C=O) groups excluding carboxylic acids is 1. The van der Waals surface area contributed by atoms with Crippen LogP contribution in [0.15, 0.2) is 55.1 Å². The van der Waals surface area contributed by atoms with Crippen molar-refractivity contribution in [1.82, 2.24) is 10.9 Å². The molecule has 2 aromatic rings. The molecular weight excluding hydrogens is 334 g/mol. The number of carbonyl (C=O) groups is 1. The van der Waals surface area contributed by atoms with E-state index in [4.69, 9.17) is 16.3 Å². The molecule has 7 nitrogen and oxygen atoms in total. The zero-order chi connectivity index (χ0) is 17.5. The molecule has 0 aliphatic heterocycles. The minimum Gasteiger partial charge on any atom is -0.484 e. The summed E-state index contributed by atoms with van der Waals surface area (Å²) in [6.07, 6.45) is 0. The lowest BCUT2D eigenvalue weighted by molar-refractivity contribution is -0.384. The maximum atomic E-state index is 11.7. The number of nitrogens with zero attached hydrogens (tertiary/aromatic N) is 1. The van der Waals surface area contributed by atoms with Gasteiger partial charge in [-0.15, -0.1) is 0 Å². The van der Waals surface area contributed by atoms with Crippen LogP contribution in [0.5, 0.6) is 5.75 Å². The summed E-state index contributed by atoms with van der Waals surface area (Å²) >= 11 is 5.75. The summed E-state index contributed by atoms with van der Waals surface area (Å²) in [6, 6.07) is 12.5. The van der Waals surface area contributed by atoms with Crippen molar-refractivity contribution in [2.24, 2.45) is 0 Å². The van der Waals surface area contributed by atoms with Crippen LogP contribution in [0.2, 0.25) is 5.02 Å². The molecule has 8 heteroatoms. The van der Waals surface area contributed by atoms with Crippen LogP contribution in [0, 0.1) is 10.1 Å². The van der Waals surface area contributed by atoms with Crippen LogP contribution in [0.25, 0.3) is 5.70 Å². The molecule has 0 saturated heterocycles. The van der Waals surface area contributed by atoms with Gasteiger partial charge < -0.3 is 4.74 Å². The van der Waals surface area contributed by atoms with E-state index in [1.807, 2.05) is 0 Å². The van der Waals surface area contributed by atoms with Crippen molar-refractivity contribution in [3.63, 3.8) is 0 Å². The maximum Gasteiger partial charge on any atom is 0.276 e. The topological polar surface area (TPSA) is 93.5 Å². The summed E-state index contributed by atoms with van der Waals surface area (Å²) in [5.74, 6) is 0.0728. The molecule has 2 rings (SSSR count). The minimum atomic E-state index is -0.505. The molecule has 0 radical (unpaired) electrons. The SMILES string of the molecule is C=C(NNC(=O)COc1ccc(Cl)cc1)c1cccc([N+](=O)[O-])c1. The second-order valence-electron chi connectivity index (χ2n) is 4.70. The number of nitrogens with one attached hydrogen (secondary N) is 2. The van der Waals surface area contributed by atoms with Crippen LogP contribution in [0.1, 0.15) is 5.56 Å². The van der Waals surface area contributed by atoms with Crippen LogP contribution in [-0.4, -0.2) is 17.4 Å². The molecule has 0 aromatic heterocycles. The first kappa shape index (κ1) is 17.3. The smallest absolute Gasteiger partial charge is 0.276 e. The van der Waals surface area contributed by atoms with Gasteiger partial charge in [0.1, 0.15) is 5.75 Å². The van der Waals surface area contributed by atoms with Crippen molar-refractivity contribution in [2.75, 3.05) is 6.61 Å². The van der Waals surface area contributed by atoms with E-state index < -0.39 is 10.8 Å². The van der Waals surface area contributed by atoms with Crippen LogP contribution >= 0.6 is 11.6 Å². The molecule has 0 aliphatic rings. The zero-order valence-electron chi connectivity index (χ0n) is 12.5. The van der Waals surface area contributed by atoms with Gasteiger partial charge in [-0.1, -0.05) is 30.3 Å². The van der Waals surface area contributed by atoms with Crippen molar-refractivity contribution in [1.29, 1.82) is 0 Å². The van der Waals surface area contributed by atoms with Crippen LogP contribution in [0.3, 0.4) is 0 Å². The Bertz CT molecular complexity index is 762. The second-order valence-corrected chi connectivity index (χ2v) is 5.14. The average molecular weight is 348 g/mol. The van der Waals surface area contributed by atoms with E-state index in [1.165, 1.54) is 18.2 Å². The molecule has 0 aliphatic carbocycles. The van der Waals surface area contributed by atoms with E-state index in [2.05, 4.69) is 17.4 Å². The van der Waals surface area contributed by atoms with Crippen molar-refractivity contribution in [2.45, 2.75) is 0 Å². The van der Waals surface area contributed by atoms with Gasteiger partial charge in [0.15, 0.2) is 6.61 Å². The van der Waals surface area contributed by atoms with Gasteiger partial charge in [0, 0.05) is 22.7 Å². The predicted octanol–water partition coefficient (Wildman–Crippen LogP) is 2.92. The number of nitro benzene ring substituents is 1. The fraction of sp³-hybridized carbons (Fsp3) is 0.0625. The molecule has 0 atom stereocenters. The molecule has 0 bridgehead atoms. The van der Waals surface area contributed by atoms with Crippen molar-refractivity contribution in [3.8, 4) is 5.75 Å². The highest BCUT2D eigenvalue weighted by molar-refractivity contribution is 6.30. The molecule has 2 aromatic carbocycles. The summed E-state index contributed by atoms with van der Waals surface area (Å²) in [6.45, 7) is 3.51. The lowest BCUT2D eigenvalue weighted by atomic mass is 10.1. The number of hydrogen-bond acceptors (Lipinski definition) is 5. The molecule has 2 N–H and O–H groups in total. The molecule has 0 unspecified atom stereocenters. The number of non-ortho nitro benzene ring substituents is 1. The Morgan fingerprint density at radius 1 is 1.21 bits per heavy atom. The number of amides is 1. The quantitative estimate of drug-likeness (QED) is 0.593. The summed E-state index contributed by atoms with van der Waals surface area (Å²) in [5.41, 5.74) is 5.74. The van der Waals surface area contributed by atoms with Gasteiger partial charge in [-0.25, -0.2) is 0 Å².